The molecule has 0 heterocycles. The van der Waals surface area contributed by atoms with Crippen LogP contribution >= 0.6 is 0 Å². The Morgan fingerprint density at radius 3 is 2.12 bits per heavy atom. The molecular formula is C13H29NO2. The van der Waals surface area contributed by atoms with E-state index in [0.717, 1.165) is 12.3 Å². The Bertz CT molecular complexity index is 149. The van der Waals surface area contributed by atoms with Crippen LogP contribution in [0, 0.1) is 5.92 Å². The van der Waals surface area contributed by atoms with E-state index in [-0.39, 0.29) is 12.3 Å². The van der Waals surface area contributed by atoms with Crippen molar-refractivity contribution in [3.05, 3.63) is 0 Å². The largest absolute Gasteiger partial charge is 0.354 e. The van der Waals surface area contributed by atoms with Gasteiger partial charge in [-0.2, -0.15) is 0 Å². The predicted molar refractivity (Wildman–Crippen MR) is 68.6 cm³/mol. The van der Waals surface area contributed by atoms with Gasteiger partial charge in [0.1, 0.15) is 0 Å². The van der Waals surface area contributed by atoms with Gasteiger partial charge in [-0.3, -0.25) is 0 Å². The summed E-state index contributed by atoms with van der Waals surface area (Å²) in [6.45, 7) is 4.51. The van der Waals surface area contributed by atoms with Crippen LogP contribution in [0.15, 0.2) is 0 Å². The highest BCUT2D eigenvalue weighted by atomic mass is 16.7. The number of nitrogens with one attached hydrogen (secondary N) is 1. The monoisotopic (exact) mass is 231 g/mol. The minimum atomic E-state index is -0.138. The fourth-order valence-corrected chi connectivity index (χ4v) is 2.13. The second-order valence-electron chi connectivity index (χ2n) is 4.39. The summed E-state index contributed by atoms with van der Waals surface area (Å²) >= 11 is 0. The third-order valence-electron chi connectivity index (χ3n) is 3.29. The molecule has 0 rings (SSSR count). The summed E-state index contributed by atoms with van der Waals surface area (Å²) < 4.78 is 10.6. The summed E-state index contributed by atoms with van der Waals surface area (Å²) in [5, 5.41) is 3.30. The van der Waals surface area contributed by atoms with Gasteiger partial charge in [0.2, 0.25) is 0 Å². The predicted octanol–water partition coefficient (Wildman–Crippen LogP) is 2.80. The zero-order chi connectivity index (χ0) is 12.4. The van der Waals surface area contributed by atoms with Gasteiger partial charge in [0.05, 0.1) is 6.04 Å². The highest BCUT2D eigenvalue weighted by Crippen LogP contribution is 2.20. The SMILES string of the molecule is CCCCC(CC)CC(NC)C(OC)OC. The summed E-state index contributed by atoms with van der Waals surface area (Å²) in [6.07, 6.45) is 6.13. The van der Waals surface area contributed by atoms with Crippen molar-refractivity contribution in [3.63, 3.8) is 0 Å². The van der Waals surface area contributed by atoms with Crippen LogP contribution in [0.25, 0.3) is 0 Å². The summed E-state index contributed by atoms with van der Waals surface area (Å²) in [6, 6.07) is 0.289. The lowest BCUT2D eigenvalue weighted by Gasteiger charge is -2.27. The molecule has 0 fully saturated rings. The maximum Gasteiger partial charge on any atom is 0.171 e. The van der Waals surface area contributed by atoms with E-state index in [1.807, 2.05) is 7.05 Å². The topological polar surface area (TPSA) is 30.5 Å². The first-order valence-corrected chi connectivity index (χ1v) is 6.46. The number of likely N-dealkylation sites (N-methyl/N-ethyl adjacent to an activating group) is 1. The highest BCUT2D eigenvalue weighted by Gasteiger charge is 2.22. The van der Waals surface area contributed by atoms with Crippen LogP contribution in [0.4, 0.5) is 0 Å². The van der Waals surface area contributed by atoms with Gasteiger partial charge in [0.15, 0.2) is 6.29 Å². The lowest BCUT2D eigenvalue weighted by Crippen LogP contribution is -2.41. The smallest absolute Gasteiger partial charge is 0.171 e. The molecule has 2 atom stereocenters. The van der Waals surface area contributed by atoms with Crippen molar-refractivity contribution in [2.24, 2.45) is 5.92 Å². The molecular weight excluding hydrogens is 202 g/mol. The normalized spacial score (nSPS) is 15.4. The second kappa shape index (κ2) is 10.1. The first-order chi connectivity index (χ1) is 7.73. The Hall–Kier alpha value is -0.120. The van der Waals surface area contributed by atoms with Crippen molar-refractivity contribution < 1.29 is 9.47 Å². The molecule has 0 aromatic rings. The Labute approximate surface area is 101 Å². The Kier molecular flexibility index (Phi) is 9.99. The van der Waals surface area contributed by atoms with Crippen LogP contribution in [-0.2, 0) is 9.47 Å². The van der Waals surface area contributed by atoms with Gasteiger partial charge in [-0.15, -0.1) is 0 Å². The van der Waals surface area contributed by atoms with Gasteiger partial charge >= 0.3 is 0 Å². The van der Waals surface area contributed by atoms with Gasteiger partial charge in [-0.25, -0.2) is 0 Å². The maximum atomic E-state index is 5.32. The van der Waals surface area contributed by atoms with Crippen LogP contribution in [-0.4, -0.2) is 33.6 Å². The zero-order valence-corrected chi connectivity index (χ0v) is 11.6. The molecule has 98 valence electrons. The van der Waals surface area contributed by atoms with Crippen LogP contribution < -0.4 is 5.32 Å². The molecule has 0 radical (unpaired) electrons. The van der Waals surface area contributed by atoms with Crippen molar-refractivity contribution in [3.8, 4) is 0 Å². The van der Waals surface area contributed by atoms with E-state index < -0.39 is 0 Å². The third-order valence-corrected chi connectivity index (χ3v) is 3.29. The van der Waals surface area contributed by atoms with E-state index >= 15 is 0 Å². The summed E-state index contributed by atoms with van der Waals surface area (Å²) in [5.41, 5.74) is 0. The average molecular weight is 231 g/mol. The Morgan fingerprint density at radius 1 is 1.12 bits per heavy atom. The zero-order valence-electron chi connectivity index (χ0n) is 11.6. The van der Waals surface area contributed by atoms with Crippen molar-refractivity contribution in [2.75, 3.05) is 21.3 Å². The lowest BCUT2D eigenvalue weighted by molar-refractivity contribution is -0.125. The number of ether oxygens (including phenoxy) is 2. The molecule has 0 amide bonds. The van der Waals surface area contributed by atoms with Gasteiger partial charge in [-0.1, -0.05) is 39.5 Å². The molecule has 1 N–H and O–H groups in total. The fourth-order valence-electron chi connectivity index (χ4n) is 2.13. The van der Waals surface area contributed by atoms with Crippen molar-refractivity contribution in [1.29, 1.82) is 0 Å². The van der Waals surface area contributed by atoms with Crippen molar-refractivity contribution in [1.82, 2.24) is 5.32 Å². The molecule has 0 saturated heterocycles. The molecule has 0 aromatic heterocycles. The van der Waals surface area contributed by atoms with Crippen LogP contribution in [0.2, 0.25) is 0 Å². The molecule has 0 aromatic carbocycles. The van der Waals surface area contributed by atoms with E-state index in [9.17, 15) is 0 Å². The molecule has 0 aliphatic rings. The molecule has 2 unspecified atom stereocenters. The number of unbranched alkanes of at least 4 members (excludes halogenated alkanes) is 1. The van der Waals surface area contributed by atoms with Crippen molar-refractivity contribution >= 4 is 0 Å². The molecule has 0 saturated carbocycles. The Morgan fingerprint density at radius 2 is 1.75 bits per heavy atom. The van der Waals surface area contributed by atoms with E-state index in [2.05, 4.69) is 19.2 Å². The number of rotatable bonds is 10. The minimum Gasteiger partial charge on any atom is -0.354 e. The van der Waals surface area contributed by atoms with Gasteiger partial charge in [-0.05, 0) is 19.4 Å². The summed E-state index contributed by atoms with van der Waals surface area (Å²) in [5.74, 6) is 0.769. The Balaban J connectivity index is 4.14. The van der Waals surface area contributed by atoms with E-state index in [1.54, 1.807) is 14.2 Å². The summed E-state index contributed by atoms with van der Waals surface area (Å²) in [7, 11) is 5.37. The number of hydrogen-bond acceptors (Lipinski definition) is 3. The lowest BCUT2D eigenvalue weighted by atomic mass is 9.92. The molecule has 0 aliphatic heterocycles. The molecule has 0 bridgehead atoms. The molecule has 0 aliphatic carbocycles. The molecule has 0 spiro atoms. The summed E-state index contributed by atoms with van der Waals surface area (Å²) in [4.78, 5) is 0. The van der Waals surface area contributed by atoms with Gasteiger partial charge in [0.25, 0.3) is 0 Å². The van der Waals surface area contributed by atoms with Crippen LogP contribution in [0.1, 0.15) is 46.0 Å². The van der Waals surface area contributed by atoms with Gasteiger partial charge in [0, 0.05) is 14.2 Å². The molecule has 3 nitrogen and oxygen atoms in total. The van der Waals surface area contributed by atoms with Crippen LogP contribution in [0.5, 0.6) is 0 Å². The third kappa shape index (κ3) is 5.83. The standard InChI is InChI=1S/C13H29NO2/c1-6-8-9-11(7-2)10-12(14-3)13(15-4)16-5/h11-14H,6-10H2,1-5H3. The second-order valence-corrected chi connectivity index (χ2v) is 4.39. The number of hydrogen-bond donors (Lipinski definition) is 1. The van der Waals surface area contributed by atoms with Gasteiger partial charge < -0.3 is 14.8 Å². The van der Waals surface area contributed by atoms with E-state index in [4.69, 9.17) is 9.47 Å². The van der Waals surface area contributed by atoms with Crippen molar-refractivity contribution in [2.45, 2.75) is 58.3 Å². The van der Waals surface area contributed by atoms with Crippen LogP contribution in [0.3, 0.4) is 0 Å². The van der Waals surface area contributed by atoms with E-state index in [0.29, 0.717) is 0 Å². The average Bonchev–Trinajstić information content (AvgIpc) is 2.33. The minimum absolute atomic E-state index is 0.138. The highest BCUT2D eigenvalue weighted by molar-refractivity contribution is 4.73. The molecule has 3 heteroatoms. The number of methoxy groups -OCH3 is 2. The molecule has 16 heavy (non-hydrogen) atoms. The fraction of sp³-hybridized carbons (Fsp3) is 1.00. The first-order valence-electron chi connectivity index (χ1n) is 6.46. The quantitative estimate of drug-likeness (QED) is 0.586. The first kappa shape index (κ1) is 15.9. The maximum absolute atomic E-state index is 5.32. The van der Waals surface area contributed by atoms with E-state index in [1.165, 1.54) is 25.7 Å².